The minimum atomic E-state index is -5.31. The molecule has 49 heavy (non-hydrogen) atoms. The van der Waals surface area contributed by atoms with Crippen LogP contribution in [0.3, 0.4) is 0 Å². The smallest absolute Gasteiger partial charge is 0.472 e. The van der Waals surface area contributed by atoms with Gasteiger partial charge in [0.05, 0.1) is 23.6 Å². The molecule has 2 aromatic rings. The Morgan fingerprint density at radius 3 is 2.71 bits per heavy atom. The van der Waals surface area contributed by atoms with Gasteiger partial charge in [-0.2, -0.15) is 13.2 Å². The van der Waals surface area contributed by atoms with Gasteiger partial charge >= 0.3 is 12.1 Å². The molecule has 1 N–H and O–H groups in total. The van der Waals surface area contributed by atoms with E-state index in [0.29, 0.717) is 48.5 Å². The van der Waals surface area contributed by atoms with E-state index >= 15 is 0 Å². The van der Waals surface area contributed by atoms with E-state index in [-0.39, 0.29) is 29.4 Å². The number of rotatable bonds is 3. The molecule has 2 aromatic carbocycles. The Bertz CT molecular complexity index is 1760. The fourth-order valence-corrected chi connectivity index (χ4v) is 10.7. The van der Waals surface area contributed by atoms with Crippen LogP contribution in [-0.4, -0.2) is 60.4 Å². The second kappa shape index (κ2) is 13.9. The average Bonchev–Trinajstić information content (AvgIpc) is 3.18. The van der Waals surface area contributed by atoms with E-state index in [1.54, 1.807) is 37.8 Å². The lowest BCUT2D eigenvalue weighted by atomic mass is 9.68. The molecular formula is C36H43ClF3N3O5S. The maximum absolute atomic E-state index is 14.4. The number of alkyl halides is 3. The summed E-state index contributed by atoms with van der Waals surface area (Å²) >= 11 is 6.40. The fraction of sp³-hybridized carbons (Fsp3) is 0.556. The number of benzene rings is 2. The van der Waals surface area contributed by atoms with E-state index in [1.165, 1.54) is 17.2 Å². The van der Waals surface area contributed by atoms with Crippen LogP contribution in [0.25, 0.3) is 0 Å². The van der Waals surface area contributed by atoms with Crippen LogP contribution in [0.4, 0.5) is 18.9 Å². The highest BCUT2D eigenvalue weighted by Crippen LogP contribution is 2.47. The standard InChI is InChI=1S/C36H43ClF3N3O5S/c1-4-32-22(2)7-5-9-30(47-3)27-13-10-25(27)19-43-20-35(16-6-8-23-17-26(37)12-14-28(23)35)21-48-31-15-11-24(18-29(31)43)33(44)41-49(32,46)42-34(45)36(38,39)40/h5,9,11-12,14-15,17-18,22,25,27,30,32H,4,6-8,10,13,16,19-21H2,1-3H3,(H,41,42,44,45,46)/b9-5+/t22-,25-,27+,30-,32+,35-,49?/m0/s1. The van der Waals surface area contributed by atoms with Crippen LogP contribution < -0.4 is 14.4 Å². The van der Waals surface area contributed by atoms with Crippen molar-refractivity contribution in [1.82, 2.24) is 4.72 Å². The Hall–Kier alpha value is -3.09. The summed E-state index contributed by atoms with van der Waals surface area (Å²) in [5.41, 5.74) is 2.73. The molecule has 2 amide bonds. The summed E-state index contributed by atoms with van der Waals surface area (Å²) in [6.07, 6.45) is 3.56. The van der Waals surface area contributed by atoms with Crippen LogP contribution in [-0.2, 0) is 31.3 Å². The summed E-state index contributed by atoms with van der Waals surface area (Å²) in [5.74, 6) is -2.77. The van der Waals surface area contributed by atoms with Gasteiger partial charge in [-0.3, -0.25) is 14.3 Å². The normalized spacial score (nSPS) is 32.4. The number of anilines is 1. The third kappa shape index (κ3) is 7.10. The first-order chi connectivity index (χ1) is 23.3. The minimum Gasteiger partial charge on any atom is -0.490 e. The van der Waals surface area contributed by atoms with Gasteiger partial charge in [0.25, 0.3) is 5.91 Å². The molecule has 13 heteroatoms. The largest absolute Gasteiger partial charge is 0.490 e. The number of nitrogens with one attached hydrogen (secondary N) is 1. The Labute approximate surface area is 291 Å². The number of methoxy groups -OCH3 is 1. The van der Waals surface area contributed by atoms with Crippen molar-refractivity contribution >= 4 is 39.0 Å². The molecule has 2 aliphatic heterocycles. The van der Waals surface area contributed by atoms with Crippen LogP contribution in [0.2, 0.25) is 5.02 Å². The van der Waals surface area contributed by atoms with Crippen molar-refractivity contribution in [3.63, 3.8) is 0 Å². The summed E-state index contributed by atoms with van der Waals surface area (Å²) in [6.45, 7) is 5.08. The van der Waals surface area contributed by atoms with Crippen molar-refractivity contribution in [2.24, 2.45) is 22.1 Å². The zero-order chi connectivity index (χ0) is 35.1. The molecule has 2 heterocycles. The monoisotopic (exact) mass is 721 g/mol. The molecule has 1 unspecified atom stereocenters. The van der Waals surface area contributed by atoms with Gasteiger partial charge in [-0.05, 0) is 104 Å². The number of aryl methyl sites for hydroxylation is 1. The zero-order valence-electron chi connectivity index (χ0n) is 27.9. The molecular weight excluding hydrogens is 679 g/mol. The van der Waals surface area contributed by atoms with Crippen LogP contribution in [0.1, 0.15) is 73.9 Å². The number of nitrogens with zero attached hydrogens (tertiary/aromatic N) is 2. The maximum Gasteiger partial charge on any atom is 0.472 e. The third-order valence-electron chi connectivity index (χ3n) is 10.9. The Morgan fingerprint density at radius 2 is 2.02 bits per heavy atom. The van der Waals surface area contributed by atoms with Gasteiger partial charge < -0.3 is 14.4 Å². The number of fused-ring (bicyclic) bond motifs is 4. The van der Waals surface area contributed by atoms with Gasteiger partial charge in [0.1, 0.15) is 15.7 Å². The van der Waals surface area contributed by atoms with Gasteiger partial charge in [-0.15, -0.1) is 4.36 Å². The molecule has 8 nitrogen and oxygen atoms in total. The molecule has 1 saturated carbocycles. The Kier molecular flexibility index (Phi) is 10.1. The zero-order valence-corrected chi connectivity index (χ0v) is 29.5. The number of allylic oxidation sites excluding steroid dienone is 1. The van der Waals surface area contributed by atoms with Crippen LogP contribution in [0, 0.1) is 17.8 Å². The van der Waals surface area contributed by atoms with Gasteiger partial charge in [0.15, 0.2) is 0 Å². The molecule has 2 aliphatic carbocycles. The predicted octanol–water partition coefficient (Wildman–Crippen LogP) is 7.43. The molecule has 7 atom stereocenters. The molecule has 0 saturated heterocycles. The summed E-state index contributed by atoms with van der Waals surface area (Å²) in [4.78, 5) is 28.3. The summed E-state index contributed by atoms with van der Waals surface area (Å²) in [5, 5.41) is -0.359. The molecule has 6 rings (SSSR count). The first-order valence-corrected chi connectivity index (χ1v) is 18.9. The van der Waals surface area contributed by atoms with Gasteiger partial charge in [-0.25, -0.2) is 4.21 Å². The quantitative estimate of drug-likeness (QED) is 0.331. The highest BCUT2D eigenvalue weighted by Gasteiger charge is 2.45. The van der Waals surface area contributed by atoms with Crippen LogP contribution in [0.15, 0.2) is 52.9 Å². The number of carbonyl (C=O) groups excluding carboxylic acids is 2. The predicted molar refractivity (Wildman–Crippen MR) is 183 cm³/mol. The SMILES string of the molecule is CC[C@@H]1[C@@H](C)C/C=C/[C@H](OC)[C@@H]2CC[C@H]2CN2C[C@@]3(CCCc4cc(Cl)ccc43)COc3ccc(cc32)C(=O)N=S1(=O)NC(=O)C(F)(F)F. The number of amides is 2. The minimum absolute atomic E-state index is 0.0440. The summed E-state index contributed by atoms with van der Waals surface area (Å²) in [7, 11) is -2.56. The van der Waals surface area contributed by atoms with Gasteiger partial charge in [0, 0.05) is 36.2 Å². The first kappa shape index (κ1) is 35.7. The van der Waals surface area contributed by atoms with E-state index in [4.69, 9.17) is 21.1 Å². The lowest BCUT2D eigenvalue weighted by Gasteiger charge is -2.46. The molecule has 4 aliphatic rings. The second-order valence-electron chi connectivity index (χ2n) is 14.0. The van der Waals surface area contributed by atoms with Gasteiger partial charge in [-0.1, -0.05) is 43.7 Å². The average molecular weight is 722 g/mol. The summed E-state index contributed by atoms with van der Waals surface area (Å²) in [6, 6.07) is 10.8. The van der Waals surface area contributed by atoms with Crippen molar-refractivity contribution in [1.29, 1.82) is 0 Å². The highest BCUT2D eigenvalue weighted by molar-refractivity contribution is 7.93. The fourth-order valence-electron chi connectivity index (χ4n) is 8.24. The Morgan fingerprint density at radius 1 is 1.22 bits per heavy atom. The number of hydrogen-bond acceptors (Lipinski definition) is 6. The van der Waals surface area contributed by atoms with Crippen molar-refractivity contribution < 1.29 is 36.4 Å². The van der Waals surface area contributed by atoms with E-state index in [1.807, 2.05) is 24.3 Å². The number of ether oxygens (including phenoxy) is 2. The van der Waals surface area contributed by atoms with Crippen LogP contribution in [0.5, 0.6) is 5.75 Å². The first-order valence-electron chi connectivity index (χ1n) is 17.0. The molecule has 0 radical (unpaired) electrons. The topological polar surface area (TPSA) is 97.3 Å². The van der Waals surface area contributed by atoms with E-state index < -0.39 is 39.1 Å². The Balaban J connectivity index is 1.48. The molecule has 1 fully saturated rings. The van der Waals surface area contributed by atoms with Crippen molar-refractivity contribution in [2.75, 3.05) is 31.7 Å². The summed E-state index contributed by atoms with van der Waals surface area (Å²) < 4.78 is 72.8. The lowest BCUT2D eigenvalue weighted by Crippen LogP contribution is -2.49. The highest BCUT2D eigenvalue weighted by atomic mass is 35.5. The molecule has 2 bridgehead atoms. The van der Waals surface area contributed by atoms with Crippen molar-refractivity contribution in [3.8, 4) is 5.75 Å². The van der Waals surface area contributed by atoms with Crippen molar-refractivity contribution in [3.05, 3.63) is 70.3 Å². The molecule has 1 spiro atoms. The van der Waals surface area contributed by atoms with Crippen molar-refractivity contribution in [2.45, 2.75) is 81.7 Å². The van der Waals surface area contributed by atoms with E-state index in [0.717, 1.165) is 32.1 Å². The van der Waals surface area contributed by atoms with E-state index in [2.05, 4.69) is 15.3 Å². The van der Waals surface area contributed by atoms with Gasteiger partial charge in [0.2, 0.25) is 0 Å². The molecule has 0 aromatic heterocycles. The maximum atomic E-state index is 14.4. The van der Waals surface area contributed by atoms with Crippen LogP contribution >= 0.6 is 11.6 Å². The number of hydrogen-bond donors (Lipinski definition) is 1. The molecule has 266 valence electrons. The third-order valence-corrected chi connectivity index (χ3v) is 13.7. The second-order valence-corrected chi connectivity index (χ2v) is 16.5. The lowest BCUT2D eigenvalue weighted by molar-refractivity contribution is -0.171. The van der Waals surface area contributed by atoms with E-state index in [9.17, 15) is 27.0 Å². The number of halogens is 4. The number of carbonyl (C=O) groups is 2.